The molecule has 2 nitrogen and oxygen atoms in total. The second kappa shape index (κ2) is 5.51. The lowest BCUT2D eigenvalue weighted by molar-refractivity contribution is 0.191. The van der Waals surface area contributed by atoms with Crippen molar-refractivity contribution in [3.05, 3.63) is 34.9 Å². The molecule has 2 aromatic rings. The maximum Gasteiger partial charge on any atom is 0.0491 e. The zero-order valence-corrected chi connectivity index (χ0v) is 11.0. The quantitative estimate of drug-likeness (QED) is 0.760. The van der Waals surface area contributed by atoms with Gasteiger partial charge in [-0.1, -0.05) is 22.0 Å². The Labute approximate surface area is 104 Å². The summed E-state index contributed by atoms with van der Waals surface area (Å²) in [6.07, 6.45) is 4.43. The molecule has 2 rings (SSSR count). The van der Waals surface area contributed by atoms with Gasteiger partial charge in [0.2, 0.25) is 0 Å². The van der Waals surface area contributed by atoms with E-state index in [9.17, 15) is 0 Å². The number of aryl methyl sites for hydroxylation is 1. The monoisotopic (exact) mass is 281 g/mol. The predicted octanol–water partition coefficient (Wildman–Crippen LogP) is 3.83. The fourth-order valence-electron chi connectivity index (χ4n) is 1.91. The molecule has 0 atom stereocenters. The first-order chi connectivity index (χ1) is 7.83. The average Bonchev–Trinajstić information content (AvgIpc) is 2.70. The number of nitrogens with zero attached hydrogens (tertiary/aromatic N) is 1. The predicted molar refractivity (Wildman–Crippen MR) is 70.7 cm³/mol. The van der Waals surface area contributed by atoms with Gasteiger partial charge in [0.1, 0.15) is 0 Å². The summed E-state index contributed by atoms with van der Waals surface area (Å²) in [7, 11) is 1.75. The molecule has 3 heteroatoms. The van der Waals surface area contributed by atoms with Crippen molar-refractivity contribution in [3.8, 4) is 0 Å². The van der Waals surface area contributed by atoms with Crippen LogP contribution in [-0.2, 0) is 11.3 Å². The van der Waals surface area contributed by atoms with Gasteiger partial charge in [0.25, 0.3) is 0 Å². The van der Waals surface area contributed by atoms with Crippen molar-refractivity contribution in [2.75, 3.05) is 13.7 Å². The van der Waals surface area contributed by atoms with Gasteiger partial charge >= 0.3 is 0 Å². The molecule has 0 saturated heterocycles. The third-order valence-corrected chi connectivity index (χ3v) is 3.45. The molecule has 1 heterocycles. The van der Waals surface area contributed by atoms with Crippen LogP contribution >= 0.6 is 15.9 Å². The molecule has 0 aliphatic heterocycles. The second-order valence-electron chi connectivity index (χ2n) is 3.88. The molecule has 1 aromatic carbocycles. The van der Waals surface area contributed by atoms with Crippen molar-refractivity contribution in [3.63, 3.8) is 0 Å². The molecule has 0 spiro atoms. The Kier molecular flexibility index (Phi) is 4.02. The highest BCUT2D eigenvalue weighted by atomic mass is 79.9. The molecule has 0 unspecified atom stereocenters. The highest BCUT2D eigenvalue weighted by Gasteiger charge is 2.02. The minimum absolute atomic E-state index is 0.850. The maximum atomic E-state index is 5.05. The summed E-state index contributed by atoms with van der Waals surface area (Å²) >= 11 is 3.57. The molecular weight excluding hydrogens is 266 g/mol. The van der Waals surface area contributed by atoms with Crippen LogP contribution in [0.1, 0.15) is 12.8 Å². The van der Waals surface area contributed by atoms with E-state index in [4.69, 9.17) is 4.74 Å². The van der Waals surface area contributed by atoms with E-state index in [0.717, 1.165) is 26.0 Å². The third-order valence-electron chi connectivity index (χ3n) is 2.76. The average molecular weight is 282 g/mol. The van der Waals surface area contributed by atoms with E-state index in [2.05, 4.69) is 51.0 Å². The first kappa shape index (κ1) is 11.7. The molecule has 0 radical (unpaired) electrons. The number of hydrogen-bond acceptors (Lipinski definition) is 1. The van der Waals surface area contributed by atoms with Crippen LogP contribution in [0.2, 0.25) is 0 Å². The Morgan fingerprint density at radius 3 is 2.94 bits per heavy atom. The van der Waals surface area contributed by atoms with Gasteiger partial charge < -0.3 is 9.30 Å². The number of rotatable bonds is 5. The smallest absolute Gasteiger partial charge is 0.0491 e. The van der Waals surface area contributed by atoms with Crippen molar-refractivity contribution < 1.29 is 4.74 Å². The Morgan fingerprint density at radius 1 is 1.25 bits per heavy atom. The van der Waals surface area contributed by atoms with Crippen LogP contribution in [0, 0.1) is 0 Å². The molecule has 1 aromatic heterocycles. The summed E-state index contributed by atoms with van der Waals surface area (Å²) in [5, 5.41) is 1.29. The van der Waals surface area contributed by atoms with Gasteiger partial charge in [-0.2, -0.15) is 0 Å². The van der Waals surface area contributed by atoms with Crippen molar-refractivity contribution in [1.82, 2.24) is 4.57 Å². The third kappa shape index (κ3) is 2.47. The lowest BCUT2D eigenvalue weighted by Crippen LogP contribution is -1.98. The van der Waals surface area contributed by atoms with Crippen LogP contribution in [0.5, 0.6) is 0 Å². The molecule has 0 saturated carbocycles. The molecule has 0 aliphatic carbocycles. The van der Waals surface area contributed by atoms with E-state index in [1.54, 1.807) is 7.11 Å². The second-order valence-corrected chi connectivity index (χ2v) is 4.74. The van der Waals surface area contributed by atoms with Gasteiger partial charge in [0, 0.05) is 41.8 Å². The van der Waals surface area contributed by atoms with E-state index in [1.807, 2.05) is 0 Å². The Balaban J connectivity index is 2.10. The van der Waals surface area contributed by atoms with Gasteiger partial charge in [-0.3, -0.25) is 0 Å². The largest absolute Gasteiger partial charge is 0.385 e. The van der Waals surface area contributed by atoms with Crippen molar-refractivity contribution in [2.45, 2.75) is 19.4 Å². The van der Waals surface area contributed by atoms with Crippen molar-refractivity contribution in [1.29, 1.82) is 0 Å². The van der Waals surface area contributed by atoms with Crippen LogP contribution in [-0.4, -0.2) is 18.3 Å². The van der Waals surface area contributed by atoms with Gasteiger partial charge in [-0.25, -0.2) is 0 Å². The number of methoxy groups -OCH3 is 1. The number of halogens is 1. The topological polar surface area (TPSA) is 14.2 Å². The number of hydrogen-bond donors (Lipinski definition) is 0. The molecule has 0 bridgehead atoms. The van der Waals surface area contributed by atoms with Gasteiger partial charge in [0.05, 0.1) is 0 Å². The summed E-state index contributed by atoms with van der Waals surface area (Å²) in [6.45, 7) is 1.91. The van der Waals surface area contributed by atoms with Gasteiger partial charge in [-0.05, 0) is 31.0 Å². The van der Waals surface area contributed by atoms with Crippen LogP contribution in [0.25, 0.3) is 10.9 Å². The Hall–Kier alpha value is -0.800. The lowest BCUT2D eigenvalue weighted by Gasteiger charge is -2.05. The normalized spacial score (nSPS) is 11.1. The first-order valence-electron chi connectivity index (χ1n) is 5.55. The Morgan fingerprint density at radius 2 is 2.12 bits per heavy atom. The molecule has 86 valence electrons. The molecule has 0 N–H and O–H groups in total. The minimum Gasteiger partial charge on any atom is -0.385 e. The number of aromatic nitrogens is 1. The Bertz CT molecular complexity index is 464. The standard InChI is InChI=1S/C13H16BrNO/c1-16-10-3-2-8-15-9-7-11-12(14)5-4-6-13(11)15/h4-7,9H,2-3,8,10H2,1H3. The zero-order chi connectivity index (χ0) is 11.4. The molecular formula is C13H16BrNO. The highest BCUT2D eigenvalue weighted by molar-refractivity contribution is 9.10. The fourth-order valence-corrected chi connectivity index (χ4v) is 2.40. The number of unbranched alkanes of at least 4 members (excludes halogenated alkanes) is 1. The summed E-state index contributed by atoms with van der Waals surface area (Å²) < 4.78 is 8.52. The summed E-state index contributed by atoms with van der Waals surface area (Å²) in [6, 6.07) is 8.49. The van der Waals surface area contributed by atoms with E-state index >= 15 is 0 Å². The van der Waals surface area contributed by atoms with Gasteiger partial charge in [0.15, 0.2) is 0 Å². The minimum atomic E-state index is 0.850. The van der Waals surface area contributed by atoms with E-state index in [-0.39, 0.29) is 0 Å². The van der Waals surface area contributed by atoms with Gasteiger partial charge in [-0.15, -0.1) is 0 Å². The maximum absolute atomic E-state index is 5.05. The molecule has 16 heavy (non-hydrogen) atoms. The summed E-state index contributed by atoms with van der Waals surface area (Å²) in [4.78, 5) is 0. The van der Waals surface area contributed by atoms with Crippen LogP contribution < -0.4 is 0 Å². The first-order valence-corrected chi connectivity index (χ1v) is 6.34. The number of fused-ring (bicyclic) bond motifs is 1. The zero-order valence-electron chi connectivity index (χ0n) is 9.45. The molecule has 0 fully saturated rings. The van der Waals surface area contributed by atoms with Crippen LogP contribution in [0.4, 0.5) is 0 Å². The highest BCUT2D eigenvalue weighted by Crippen LogP contribution is 2.24. The van der Waals surface area contributed by atoms with E-state index in [1.165, 1.54) is 15.4 Å². The summed E-state index contributed by atoms with van der Waals surface area (Å²) in [5.41, 5.74) is 1.30. The van der Waals surface area contributed by atoms with E-state index in [0.29, 0.717) is 0 Å². The number of ether oxygens (including phenoxy) is 1. The van der Waals surface area contributed by atoms with Crippen molar-refractivity contribution >= 4 is 26.8 Å². The molecule has 0 aliphatic rings. The van der Waals surface area contributed by atoms with E-state index < -0.39 is 0 Å². The van der Waals surface area contributed by atoms with Crippen molar-refractivity contribution in [2.24, 2.45) is 0 Å². The summed E-state index contributed by atoms with van der Waals surface area (Å²) in [5.74, 6) is 0. The molecule has 0 amide bonds. The van der Waals surface area contributed by atoms with Crippen LogP contribution in [0.15, 0.2) is 34.9 Å². The SMILES string of the molecule is COCCCCn1ccc2c(Br)cccc21. The van der Waals surface area contributed by atoms with Crippen LogP contribution in [0.3, 0.4) is 0 Å². The fraction of sp³-hybridized carbons (Fsp3) is 0.385. The number of benzene rings is 1. The lowest BCUT2D eigenvalue weighted by atomic mass is 10.2.